The summed E-state index contributed by atoms with van der Waals surface area (Å²) >= 11 is 5.69. The molecule has 51 heavy (non-hydrogen) atoms. The predicted molar refractivity (Wildman–Crippen MR) is 198 cm³/mol. The fourth-order valence-corrected chi connectivity index (χ4v) is 10.4. The maximum absolute atomic E-state index is 13.8. The third kappa shape index (κ3) is 8.22. The van der Waals surface area contributed by atoms with Gasteiger partial charge in [0.1, 0.15) is 14.2 Å². The van der Waals surface area contributed by atoms with E-state index in [2.05, 4.69) is 30.6 Å². The number of amides is 1. The van der Waals surface area contributed by atoms with E-state index >= 15 is 0 Å². The van der Waals surface area contributed by atoms with Crippen molar-refractivity contribution in [2.45, 2.75) is 51.1 Å². The van der Waals surface area contributed by atoms with Gasteiger partial charge >= 0.3 is 0 Å². The van der Waals surface area contributed by atoms with Gasteiger partial charge in [-0.05, 0) is 75.8 Å². The molecule has 0 aromatic heterocycles. The molecule has 1 aliphatic carbocycles. The van der Waals surface area contributed by atoms with E-state index in [0.717, 1.165) is 64.2 Å². The van der Waals surface area contributed by atoms with Gasteiger partial charge in [-0.2, -0.15) is 0 Å². The quantitative estimate of drug-likeness (QED) is 0.119. The SMILES string of the molecule is C[Si]1(C)C2=CC(=[N+]3CC(F)C3)C=CC2=C(c2ccc(C(=O)NCCOCCOCCCCCCCl)cc2C(=O)[O-])c2ccc(N3CC(F)C3)cc21. The van der Waals surface area contributed by atoms with Crippen LogP contribution in [0.4, 0.5) is 14.5 Å². The molecule has 3 heterocycles. The zero-order valence-electron chi connectivity index (χ0n) is 29.3. The Morgan fingerprint density at radius 3 is 2.37 bits per heavy atom. The van der Waals surface area contributed by atoms with E-state index in [1.807, 2.05) is 33.8 Å². The number of carbonyl (C=O) groups is 2. The number of anilines is 1. The fraction of sp³-hybridized carbons (Fsp3) is 0.462. The summed E-state index contributed by atoms with van der Waals surface area (Å²) in [5, 5.41) is 17.8. The number of nitrogens with zero attached hydrogens (tertiary/aromatic N) is 2. The van der Waals surface area contributed by atoms with Crippen LogP contribution in [-0.4, -0.2) is 108 Å². The Labute approximate surface area is 304 Å². The largest absolute Gasteiger partial charge is 0.545 e. The number of halogens is 3. The first-order valence-corrected chi connectivity index (χ1v) is 21.4. The van der Waals surface area contributed by atoms with E-state index in [-0.39, 0.29) is 24.3 Å². The second kappa shape index (κ2) is 16.4. The molecule has 1 N–H and O–H groups in total. The number of carbonyl (C=O) groups excluding carboxylic acids is 2. The molecule has 6 rings (SSSR count). The van der Waals surface area contributed by atoms with Gasteiger partial charge in [0.05, 0.1) is 38.9 Å². The van der Waals surface area contributed by atoms with E-state index in [4.69, 9.17) is 21.1 Å². The summed E-state index contributed by atoms with van der Waals surface area (Å²) in [6.07, 6.45) is 8.59. The lowest BCUT2D eigenvalue weighted by Gasteiger charge is -2.41. The molecule has 0 bridgehead atoms. The molecule has 0 saturated carbocycles. The Morgan fingerprint density at radius 1 is 0.941 bits per heavy atom. The number of carboxylic acid groups (broad SMARTS) is 1. The molecule has 8 nitrogen and oxygen atoms in total. The Kier molecular flexibility index (Phi) is 11.9. The van der Waals surface area contributed by atoms with E-state index in [1.54, 1.807) is 12.1 Å². The van der Waals surface area contributed by atoms with Crippen LogP contribution in [0.2, 0.25) is 13.1 Å². The first kappa shape index (κ1) is 37.1. The lowest BCUT2D eigenvalue weighted by atomic mass is 9.86. The minimum absolute atomic E-state index is 0.0915. The van der Waals surface area contributed by atoms with Gasteiger partial charge in [0, 0.05) is 48.0 Å². The van der Waals surface area contributed by atoms with E-state index in [0.29, 0.717) is 57.4 Å². The van der Waals surface area contributed by atoms with Crippen LogP contribution in [0, 0.1) is 0 Å². The number of alkyl halides is 3. The smallest absolute Gasteiger partial charge is 0.251 e. The van der Waals surface area contributed by atoms with Crippen molar-refractivity contribution < 1.29 is 37.5 Å². The van der Waals surface area contributed by atoms with Gasteiger partial charge in [-0.1, -0.05) is 38.1 Å². The number of rotatable bonds is 16. The van der Waals surface area contributed by atoms with Crippen molar-refractivity contribution >= 4 is 53.7 Å². The predicted octanol–water partition coefficient (Wildman–Crippen LogP) is 4.34. The van der Waals surface area contributed by atoms with Gasteiger partial charge < -0.3 is 29.6 Å². The Bertz CT molecular complexity index is 1780. The Morgan fingerprint density at radius 2 is 1.67 bits per heavy atom. The van der Waals surface area contributed by atoms with Crippen LogP contribution in [0.1, 0.15) is 57.5 Å². The number of ether oxygens (including phenoxy) is 2. The van der Waals surface area contributed by atoms with Crippen molar-refractivity contribution in [3.05, 3.63) is 87.6 Å². The molecule has 0 radical (unpaired) electrons. The first-order valence-electron chi connectivity index (χ1n) is 17.9. The van der Waals surface area contributed by atoms with E-state index < -0.39 is 32.3 Å². The molecule has 2 saturated heterocycles. The zero-order valence-corrected chi connectivity index (χ0v) is 31.1. The van der Waals surface area contributed by atoms with Crippen LogP contribution in [0.15, 0.2) is 65.4 Å². The number of allylic oxidation sites excluding steroid dienone is 5. The van der Waals surface area contributed by atoms with Crippen LogP contribution in [0.5, 0.6) is 0 Å². The summed E-state index contributed by atoms with van der Waals surface area (Å²) in [6, 6.07) is 10.8. The normalized spacial score (nSPS) is 19.3. The van der Waals surface area contributed by atoms with Crippen molar-refractivity contribution in [3.63, 3.8) is 0 Å². The molecule has 3 aliphatic heterocycles. The molecule has 2 aromatic carbocycles. The van der Waals surface area contributed by atoms with Gasteiger partial charge in [0.25, 0.3) is 5.91 Å². The molecule has 2 aromatic rings. The monoisotopic (exact) mass is 737 g/mol. The standard InChI is InChI=1S/C39H46ClF2N3O5Si/c1-51(2)35-20-29(44-22-27(41)23-44)8-11-32(35)37(33-12-9-30(21-36(33)51)45-24-28(42)25-45)31-10-7-26(19-34(31)39(47)48)38(46)43-14-16-50-18-17-49-15-6-4-3-5-13-40/h7-12,19-21,27-28H,3-6,13-18,22-25H2,1-2H3,(H-,43,46,47,48). The van der Waals surface area contributed by atoms with Crippen LogP contribution in [0.3, 0.4) is 0 Å². The lowest BCUT2D eigenvalue weighted by Crippen LogP contribution is -2.52. The van der Waals surface area contributed by atoms with Gasteiger partial charge in [-0.15, -0.1) is 11.6 Å². The van der Waals surface area contributed by atoms with Crippen molar-refractivity contribution in [3.8, 4) is 0 Å². The average Bonchev–Trinajstić information content (AvgIpc) is 3.09. The van der Waals surface area contributed by atoms with Gasteiger partial charge in [-0.3, -0.25) is 4.79 Å². The summed E-state index contributed by atoms with van der Waals surface area (Å²) < 4.78 is 40.9. The fourth-order valence-electron chi connectivity index (χ4n) is 7.16. The number of fused-ring (bicyclic) bond motifs is 2. The summed E-state index contributed by atoms with van der Waals surface area (Å²) in [4.78, 5) is 27.9. The first-order chi connectivity index (χ1) is 24.6. The third-order valence-corrected chi connectivity index (χ3v) is 13.9. The van der Waals surface area contributed by atoms with Crippen molar-refractivity contribution in [2.24, 2.45) is 0 Å². The number of hydrogen-bond donors (Lipinski definition) is 1. The summed E-state index contributed by atoms with van der Waals surface area (Å²) in [7, 11) is -2.40. The number of benzene rings is 2. The number of aromatic carboxylic acids is 1. The molecular formula is C39H46ClF2N3O5Si. The maximum Gasteiger partial charge on any atom is 0.251 e. The maximum atomic E-state index is 13.8. The van der Waals surface area contributed by atoms with Gasteiger partial charge in [0.2, 0.25) is 6.17 Å². The van der Waals surface area contributed by atoms with Crippen molar-refractivity contribution in [2.75, 3.05) is 69.9 Å². The van der Waals surface area contributed by atoms with Crippen LogP contribution < -0.4 is 20.5 Å². The highest BCUT2D eigenvalue weighted by Crippen LogP contribution is 2.43. The summed E-state index contributed by atoms with van der Waals surface area (Å²) in [6.45, 7) is 7.97. The number of carboxylic acids is 1. The third-order valence-electron chi connectivity index (χ3n) is 10.1. The summed E-state index contributed by atoms with van der Waals surface area (Å²) in [5.41, 5.74) is 4.98. The molecule has 2 fully saturated rings. The second-order valence-electron chi connectivity index (χ2n) is 14.1. The van der Waals surface area contributed by atoms with Crippen LogP contribution >= 0.6 is 11.6 Å². The highest BCUT2D eigenvalue weighted by molar-refractivity contribution is 6.98. The highest BCUT2D eigenvalue weighted by Gasteiger charge is 2.42. The number of unbranched alkanes of at least 4 members (excludes halogenated alkanes) is 3. The molecule has 0 spiro atoms. The molecule has 1 amide bonds. The molecule has 272 valence electrons. The Hall–Kier alpha value is -3.64. The van der Waals surface area contributed by atoms with Crippen molar-refractivity contribution in [1.29, 1.82) is 0 Å². The van der Waals surface area contributed by atoms with E-state index in [9.17, 15) is 23.5 Å². The Balaban J connectivity index is 1.22. The highest BCUT2D eigenvalue weighted by atomic mass is 35.5. The second-order valence-corrected chi connectivity index (χ2v) is 18.8. The topological polar surface area (TPSA) is 93.9 Å². The van der Waals surface area contributed by atoms with Gasteiger partial charge in [-0.25, -0.2) is 13.4 Å². The summed E-state index contributed by atoms with van der Waals surface area (Å²) in [5.74, 6) is -1.12. The number of hydrogen-bond acceptors (Lipinski definition) is 6. The average molecular weight is 738 g/mol. The van der Waals surface area contributed by atoms with E-state index in [1.165, 1.54) is 6.07 Å². The molecule has 0 unspecified atom stereocenters. The van der Waals surface area contributed by atoms with Crippen LogP contribution in [-0.2, 0) is 9.47 Å². The minimum atomic E-state index is -2.40. The number of nitrogens with one attached hydrogen (secondary N) is 1. The molecule has 12 heteroatoms. The minimum Gasteiger partial charge on any atom is -0.545 e. The lowest BCUT2D eigenvalue weighted by molar-refractivity contribution is -0.599. The molecular weight excluding hydrogens is 692 g/mol. The molecule has 4 aliphatic rings. The van der Waals surface area contributed by atoms with Crippen LogP contribution in [0.25, 0.3) is 5.57 Å². The zero-order chi connectivity index (χ0) is 36.1. The van der Waals surface area contributed by atoms with Gasteiger partial charge in [0.15, 0.2) is 18.8 Å². The van der Waals surface area contributed by atoms with Crippen molar-refractivity contribution in [1.82, 2.24) is 5.32 Å². The molecule has 0 atom stereocenters.